The number of ether oxygens (including phenoxy) is 2. The average molecular weight is 357 g/mol. The molecule has 2 aromatic rings. The molecule has 0 aliphatic carbocycles. The highest BCUT2D eigenvalue weighted by molar-refractivity contribution is 7.13. The highest BCUT2D eigenvalue weighted by Crippen LogP contribution is 2.37. The van der Waals surface area contributed by atoms with Crippen LogP contribution in [0.2, 0.25) is 0 Å². The zero-order chi connectivity index (χ0) is 16.8. The molecule has 2 atom stereocenters. The molecule has 3 aliphatic heterocycles. The second kappa shape index (κ2) is 6.00. The van der Waals surface area contributed by atoms with Crippen molar-refractivity contribution in [3.63, 3.8) is 0 Å². The third-order valence-corrected chi connectivity index (χ3v) is 6.12. The molecular formula is C18H19N3O3S. The van der Waals surface area contributed by atoms with Crippen LogP contribution in [0.1, 0.15) is 29.8 Å². The van der Waals surface area contributed by atoms with E-state index >= 15 is 0 Å². The first-order valence-electron chi connectivity index (χ1n) is 8.68. The van der Waals surface area contributed by atoms with Crippen molar-refractivity contribution < 1.29 is 14.3 Å². The van der Waals surface area contributed by atoms with Crippen molar-refractivity contribution in [3.05, 3.63) is 29.3 Å². The van der Waals surface area contributed by atoms with Crippen molar-refractivity contribution in [2.75, 3.05) is 19.9 Å². The Balaban J connectivity index is 1.41. The molecule has 2 fully saturated rings. The quantitative estimate of drug-likeness (QED) is 0.895. The summed E-state index contributed by atoms with van der Waals surface area (Å²) in [5.41, 5.74) is 1.50. The monoisotopic (exact) mass is 357 g/mol. The lowest BCUT2D eigenvalue weighted by Crippen LogP contribution is -2.42. The number of carbonyl (C=O) groups is 1. The zero-order valence-corrected chi connectivity index (χ0v) is 14.6. The van der Waals surface area contributed by atoms with Crippen LogP contribution < -0.4 is 14.8 Å². The molecular weight excluding hydrogens is 338 g/mol. The predicted octanol–water partition coefficient (Wildman–Crippen LogP) is 2.51. The first kappa shape index (κ1) is 15.2. The van der Waals surface area contributed by atoms with E-state index in [1.807, 2.05) is 23.6 Å². The van der Waals surface area contributed by atoms with E-state index in [0.717, 1.165) is 54.4 Å². The van der Waals surface area contributed by atoms with Gasteiger partial charge in [-0.15, -0.1) is 11.3 Å². The summed E-state index contributed by atoms with van der Waals surface area (Å²) in [7, 11) is 0. The molecule has 5 rings (SSSR count). The molecule has 0 saturated carbocycles. The minimum Gasteiger partial charge on any atom is -0.454 e. The van der Waals surface area contributed by atoms with Crippen LogP contribution in [-0.4, -0.2) is 47.8 Å². The van der Waals surface area contributed by atoms with Gasteiger partial charge in [0.15, 0.2) is 11.5 Å². The number of amides is 1. The first-order valence-corrected chi connectivity index (χ1v) is 9.56. The molecule has 7 heteroatoms. The fraction of sp³-hybridized carbons (Fsp3) is 0.444. The Morgan fingerprint density at radius 1 is 1.20 bits per heavy atom. The van der Waals surface area contributed by atoms with Gasteiger partial charge in [-0.3, -0.25) is 4.79 Å². The van der Waals surface area contributed by atoms with Crippen LogP contribution in [0.5, 0.6) is 11.5 Å². The lowest BCUT2D eigenvalue weighted by Gasteiger charge is -2.27. The fourth-order valence-corrected chi connectivity index (χ4v) is 4.77. The Bertz CT molecular complexity index is 808. The molecule has 1 amide bonds. The van der Waals surface area contributed by atoms with Crippen molar-refractivity contribution in [1.82, 2.24) is 15.2 Å². The Labute approximate surface area is 149 Å². The molecule has 1 N–H and O–H groups in total. The summed E-state index contributed by atoms with van der Waals surface area (Å²) in [5, 5.41) is 6.14. The number of hydrogen-bond acceptors (Lipinski definition) is 6. The van der Waals surface area contributed by atoms with Crippen molar-refractivity contribution in [2.24, 2.45) is 0 Å². The molecule has 130 valence electrons. The van der Waals surface area contributed by atoms with Gasteiger partial charge in [0.1, 0.15) is 10.7 Å². The number of hydrogen-bond donors (Lipinski definition) is 1. The lowest BCUT2D eigenvalue weighted by atomic mass is 10.1. The SMILES string of the molecule is O=C(c1csc(-c2ccc3c(c2)OCO3)n1)N1C2CCNCC1CC2. The second-order valence-electron chi connectivity index (χ2n) is 6.70. The van der Waals surface area contributed by atoms with E-state index in [4.69, 9.17) is 9.47 Å². The van der Waals surface area contributed by atoms with Gasteiger partial charge in [0.05, 0.1) is 0 Å². The first-order chi connectivity index (χ1) is 12.3. The Hall–Kier alpha value is -2.12. The number of fused-ring (bicyclic) bond motifs is 3. The summed E-state index contributed by atoms with van der Waals surface area (Å²) in [6, 6.07) is 6.43. The second-order valence-corrected chi connectivity index (χ2v) is 7.55. The van der Waals surface area contributed by atoms with Gasteiger partial charge in [-0.25, -0.2) is 4.98 Å². The largest absolute Gasteiger partial charge is 0.454 e. The summed E-state index contributed by atoms with van der Waals surface area (Å²) in [4.78, 5) is 19.7. The fourth-order valence-electron chi connectivity index (χ4n) is 3.98. The van der Waals surface area contributed by atoms with E-state index in [9.17, 15) is 4.79 Å². The summed E-state index contributed by atoms with van der Waals surface area (Å²) in [5.74, 6) is 1.56. The lowest BCUT2D eigenvalue weighted by molar-refractivity contribution is 0.0675. The summed E-state index contributed by atoms with van der Waals surface area (Å²) < 4.78 is 10.8. The van der Waals surface area contributed by atoms with E-state index in [1.54, 1.807) is 0 Å². The van der Waals surface area contributed by atoms with Gasteiger partial charge in [-0.2, -0.15) is 0 Å². The normalized spacial score (nSPS) is 24.4. The molecule has 1 aromatic carbocycles. The number of benzene rings is 1. The maximum atomic E-state index is 13.0. The Morgan fingerprint density at radius 3 is 3.04 bits per heavy atom. The van der Waals surface area contributed by atoms with E-state index in [0.29, 0.717) is 17.8 Å². The number of rotatable bonds is 2. The smallest absolute Gasteiger partial charge is 0.273 e. The molecule has 0 radical (unpaired) electrons. The van der Waals surface area contributed by atoms with Crippen LogP contribution in [0.15, 0.2) is 23.6 Å². The van der Waals surface area contributed by atoms with Gasteiger partial charge in [-0.1, -0.05) is 0 Å². The van der Waals surface area contributed by atoms with Crippen LogP contribution >= 0.6 is 11.3 Å². The van der Waals surface area contributed by atoms with E-state index in [-0.39, 0.29) is 12.7 Å². The van der Waals surface area contributed by atoms with E-state index in [2.05, 4.69) is 15.2 Å². The summed E-state index contributed by atoms with van der Waals surface area (Å²) in [6.45, 7) is 2.14. The maximum Gasteiger partial charge on any atom is 0.273 e. The minimum atomic E-state index is 0.0689. The predicted molar refractivity (Wildman–Crippen MR) is 94.1 cm³/mol. The Kier molecular flexibility index (Phi) is 3.64. The molecule has 0 spiro atoms. The van der Waals surface area contributed by atoms with Crippen molar-refractivity contribution in [2.45, 2.75) is 31.3 Å². The van der Waals surface area contributed by atoms with Gasteiger partial charge in [0, 0.05) is 29.6 Å². The van der Waals surface area contributed by atoms with E-state index in [1.165, 1.54) is 11.3 Å². The van der Waals surface area contributed by atoms with Crippen LogP contribution in [0.25, 0.3) is 10.6 Å². The number of nitrogens with zero attached hydrogens (tertiary/aromatic N) is 2. The van der Waals surface area contributed by atoms with Gasteiger partial charge in [0.2, 0.25) is 6.79 Å². The van der Waals surface area contributed by atoms with Gasteiger partial charge in [-0.05, 0) is 44.0 Å². The third-order valence-electron chi connectivity index (χ3n) is 5.23. The maximum absolute atomic E-state index is 13.0. The van der Waals surface area contributed by atoms with Crippen LogP contribution in [-0.2, 0) is 0 Å². The number of carbonyl (C=O) groups excluding carboxylic acids is 1. The average Bonchev–Trinajstić information content (AvgIpc) is 3.31. The molecule has 2 unspecified atom stereocenters. The topological polar surface area (TPSA) is 63.7 Å². The molecule has 6 nitrogen and oxygen atoms in total. The Morgan fingerprint density at radius 2 is 2.08 bits per heavy atom. The van der Waals surface area contributed by atoms with Gasteiger partial charge in [0.25, 0.3) is 5.91 Å². The number of nitrogens with one attached hydrogen (secondary N) is 1. The highest BCUT2D eigenvalue weighted by Gasteiger charge is 2.39. The third kappa shape index (κ3) is 2.58. The van der Waals surface area contributed by atoms with Crippen LogP contribution in [0.3, 0.4) is 0 Å². The molecule has 25 heavy (non-hydrogen) atoms. The van der Waals surface area contributed by atoms with Crippen LogP contribution in [0, 0.1) is 0 Å². The van der Waals surface area contributed by atoms with Crippen molar-refractivity contribution in [3.8, 4) is 22.1 Å². The molecule has 4 heterocycles. The molecule has 1 aromatic heterocycles. The van der Waals surface area contributed by atoms with Crippen LogP contribution in [0.4, 0.5) is 0 Å². The number of thiazole rings is 1. The number of aromatic nitrogens is 1. The van der Waals surface area contributed by atoms with Crippen molar-refractivity contribution in [1.29, 1.82) is 0 Å². The minimum absolute atomic E-state index is 0.0689. The molecule has 2 saturated heterocycles. The standard InChI is InChI=1S/C18H19N3O3S/c22-18(21-12-2-3-13(21)8-19-6-5-12)14-9-25-17(20-14)11-1-4-15-16(7-11)24-10-23-15/h1,4,7,9,12-13,19H,2-3,5-6,8,10H2. The highest BCUT2D eigenvalue weighted by atomic mass is 32.1. The molecule has 3 aliphatic rings. The summed E-state index contributed by atoms with van der Waals surface area (Å²) >= 11 is 1.50. The van der Waals surface area contributed by atoms with E-state index < -0.39 is 0 Å². The van der Waals surface area contributed by atoms with Gasteiger partial charge < -0.3 is 19.7 Å². The van der Waals surface area contributed by atoms with Crippen molar-refractivity contribution >= 4 is 17.2 Å². The molecule has 2 bridgehead atoms. The van der Waals surface area contributed by atoms with Gasteiger partial charge >= 0.3 is 0 Å². The summed E-state index contributed by atoms with van der Waals surface area (Å²) in [6.07, 6.45) is 3.22. The zero-order valence-electron chi connectivity index (χ0n) is 13.7.